The van der Waals surface area contributed by atoms with E-state index in [9.17, 15) is 4.39 Å². The third kappa shape index (κ3) is 3.24. The van der Waals surface area contributed by atoms with Crippen LogP contribution < -0.4 is 5.32 Å². The van der Waals surface area contributed by atoms with Crippen molar-refractivity contribution in [3.63, 3.8) is 0 Å². The molecule has 110 valence electrons. The fourth-order valence-corrected chi connectivity index (χ4v) is 3.35. The van der Waals surface area contributed by atoms with Gasteiger partial charge < -0.3 is 5.32 Å². The van der Waals surface area contributed by atoms with Crippen LogP contribution in [-0.4, -0.2) is 16.5 Å². The summed E-state index contributed by atoms with van der Waals surface area (Å²) in [6.45, 7) is 3.92. The largest absolute Gasteiger partial charge is 0.311 e. The lowest BCUT2D eigenvalue weighted by Crippen LogP contribution is -2.27. The standard InChI is InChI=1S/C16H18FN3S/c1-2-13-11-7-8-18-9-14(11)20-16(19-13)10-21-15-6-4-3-5-12(15)17/h3-6,18H,2,7-10H2,1H3. The molecular weight excluding hydrogens is 285 g/mol. The van der Waals surface area contributed by atoms with Gasteiger partial charge in [0.15, 0.2) is 0 Å². The maximum atomic E-state index is 13.6. The summed E-state index contributed by atoms with van der Waals surface area (Å²) in [5.74, 6) is 1.21. The Kier molecular flexibility index (Phi) is 4.51. The molecule has 0 atom stereocenters. The minimum absolute atomic E-state index is 0.183. The van der Waals surface area contributed by atoms with Crippen LogP contribution in [0.15, 0.2) is 29.2 Å². The van der Waals surface area contributed by atoms with Gasteiger partial charge in [-0.2, -0.15) is 0 Å². The number of fused-ring (bicyclic) bond motifs is 1. The summed E-state index contributed by atoms with van der Waals surface area (Å²) in [7, 11) is 0. The highest BCUT2D eigenvalue weighted by Gasteiger charge is 2.16. The SMILES string of the molecule is CCc1nc(CSc2ccccc2F)nc2c1CCNC2. The second-order valence-electron chi connectivity index (χ2n) is 5.01. The van der Waals surface area contributed by atoms with Gasteiger partial charge in [0.05, 0.1) is 11.4 Å². The Bertz CT molecular complexity index is 628. The minimum atomic E-state index is -0.183. The van der Waals surface area contributed by atoms with E-state index in [1.54, 1.807) is 12.1 Å². The van der Waals surface area contributed by atoms with Crippen molar-refractivity contribution in [2.45, 2.75) is 37.0 Å². The predicted octanol–water partition coefficient (Wildman–Crippen LogP) is 3.12. The molecule has 0 saturated carbocycles. The van der Waals surface area contributed by atoms with Crippen molar-refractivity contribution in [2.24, 2.45) is 0 Å². The molecule has 1 aromatic heterocycles. The Morgan fingerprint density at radius 1 is 1.29 bits per heavy atom. The van der Waals surface area contributed by atoms with Crippen molar-refractivity contribution in [3.8, 4) is 0 Å². The molecule has 3 nitrogen and oxygen atoms in total. The highest BCUT2D eigenvalue weighted by atomic mass is 32.2. The van der Waals surface area contributed by atoms with Crippen LogP contribution in [0.25, 0.3) is 0 Å². The van der Waals surface area contributed by atoms with Crippen molar-refractivity contribution < 1.29 is 4.39 Å². The Morgan fingerprint density at radius 3 is 2.95 bits per heavy atom. The number of aryl methyl sites for hydroxylation is 1. The van der Waals surface area contributed by atoms with E-state index in [0.717, 1.165) is 43.1 Å². The summed E-state index contributed by atoms with van der Waals surface area (Å²) in [6, 6.07) is 6.83. The van der Waals surface area contributed by atoms with Crippen molar-refractivity contribution in [1.29, 1.82) is 0 Å². The summed E-state index contributed by atoms with van der Waals surface area (Å²) in [5.41, 5.74) is 3.55. The molecule has 1 aliphatic rings. The van der Waals surface area contributed by atoms with Gasteiger partial charge in [0, 0.05) is 17.1 Å². The number of nitrogens with zero attached hydrogens (tertiary/aromatic N) is 2. The van der Waals surface area contributed by atoms with Gasteiger partial charge >= 0.3 is 0 Å². The fraction of sp³-hybridized carbons (Fsp3) is 0.375. The molecule has 5 heteroatoms. The van der Waals surface area contributed by atoms with Crippen LogP contribution in [0.5, 0.6) is 0 Å². The number of hydrogen-bond acceptors (Lipinski definition) is 4. The zero-order chi connectivity index (χ0) is 14.7. The Labute approximate surface area is 128 Å². The van der Waals surface area contributed by atoms with Crippen molar-refractivity contribution in [2.75, 3.05) is 6.54 Å². The minimum Gasteiger partial charge on any atom is -0.311 e. The van der Waals surface area contributed by atoms with Crippen LogP contribution >= 0.6 is 11.8 Å². The summed E-state index contributed by atoms with van der Waals surface area (Å²) in [4.78, 5) is 9.96. The van der Waals surface area contributed by atoms with E-state index in [-0.39, 0.29) is 5.82 Å². The number of rotatable bonds is 4. The smallest absolute Gasteiger partial charge is 0.139 e. The molecule has 0 amide bonds. The van der Waals surface area contributed by atoms with E-state index in [4.69, 9.17) is 0 Å². The first kappa shape index (κ1) is 14.5. The molecule has 0 radical (unpaired) electrons. The quantitative estimate of drug-likeness (QED) is 0.881. The van der Waals surface area contributed by atoms with Gasteiger partial charge in [0.25, 0.3) is 0 Å². The van der Waals surface area contributed by atoms with Gasteiger partial charge in [-0.15, -0.1) is 11.8 Å². The van der Waals surface area contributed by atoms with Gasteiger partial charge in [-0.3, -0.25) is 0 Å². The molecule has 2 aromatic rings. The molecule has 0 unspecified atom stereocenters. The van der Waals surface area contributed by atoms with Crippen LogP contribution in [-0.2, 0) is 25.1 Å². The maximum absolute atomic E-state index is 13.6. The molecule has 2 heterocycles. The first-order valence-electron chi connectivity index (χ1n) is 7.23. The molecule has 1 N–H and O–H groups in total. The third-order valence-electron chi connectivity index (χ3n) is 3.60. The first-order chi connectivity index (χ1) is 10.3. The van der Waals surface area contributed by atoms with E-state index in [1.807, 2.05) is 6.07 Å². The highest BCUT2D eigenvalue weighted by molar-refractivity contribution is 7.98. The molecule has 0 bridgehead atoms. The number of hydrogen-bond donors (Lipinski definition) is 1. The number of benzene rings is 1. The maximum Gasteiger partial charge on any atom is 0.139 e. The van der Waals surface area contributed by atoms with Gasteiger partial charge in [-0.25, -0.2) is 14.4 Å². The summed E-state index contributed by atoms with van der Waals surface area (Å²) >= 11 is 1.45. The molecule has 0 aliphatic carbocycles. The topological polar surface area (TPSA) is 37.8 Å². The molecule has 1 aliphatic heterocycles. The Balaban J connectivity index is 1.81. The zero-order valence-electron chi connectivity index (χ0n) is 12.0. The summed E-state index contributed by atoms with van der Waals surface area (Å²) in [6.07, 6.45) is 1.92. The van der Waals surface area contributed by atoms with Gasteiger partial charge in [-0.05, 0) is 37.1 Å². The summed E-state index contributed by atoms with van der Waals surface area (Å²) < 4.78 is 13.6. The second-order valence-corrected chi connectivity index (χ2v) is 6.03. The lowest BCUT2D eigenvalue weighted by molar-refractivity contribution is 0.601. The fourth-order valence-electron chi connectivity index (χ4n) is 2.55. The van der Waals surface area contributed by atoms with Gasteiger partial charge in [0.1, 0.15) is 11.6 Å². The Morgan fingerprint density at radius 2 is 2.14 bits per heavy atom. The van der Waals surface area contributed by atoms with Crippen LogP contribution in [0.3, 0.4) is 0 Å². The van der Waals surface area contributed by atoms with E-state index in [0.29, 0.717) is 10.6 Å². The lowest BCUT2D eigenvalue weighted by atomic mass is 10.0. The molecular formula is C16H18FN3S. The van der Waals surface area contributed by atoms with E-state index in [2.05, 4.69) is 22.2 Å². The monoisotopic (exact) mass is 303 g/mol. The van der Waals surface area contributed by atoms with E-state index < -0.39 is 0 Å². The van der Waals surface area contributed by atoms with Crippen LogP contribution in [0, 0.1) is 5.82 Å². The van der Waals surface area contributed by atoms with Crippen LogP contribution in [0.2, 0.25) is 0 Å². The van der Waals surface area contributed by atoms with E-state index in [1.165, 1.54) is 23.4 Å². The highest BCUT2D eigenvalue weighted by Crippen LogP contribution is 2.25. The predicted molar refractivity (Wildman–Crippen MR) is 82.8 cm³/mol. The molecule has 0 saturated heterocycles. The molecule has 3 rings (SSSR count). The zero-order valence-corrected chi connectivity index (χ0v) is 12.8. The second kappa shape index (κ2) is 6.54. The normalized spacial score (nSPS) is 14.0. The number of nitrogens with one attached hydrogen (secondary N) is 1. The molecule has 21 heavy (non-hydrogen) atoms. The van der Waals surface area contributed by atoms with Crippen LogP contribution in [0.4, 0.5) is 4.39 Å². The average molecular weight is 303 g/mol. The number of thioether (sulfide) groups is 1. The van der Waals surface area contributed by atoms with Gasteiger partial charge in [-0.1, -0.05) is 19.1 Å². The number of aromatic nitrogens is 2. The summed E-state index contributed by atoms with van der Waals surface area (Å²) in [5, 5.41) is 3.35. The molecule has 0 spiro atoms. The first-order valence-corrected chi connectivity index (χ1v) is 8.22. The van der Waals surface area contributed by atoms with Crippen LogP contribution in [0.1, 0.15) is 29.7 Å². The van der Waals surface area contributed by atoms with Gasteiger partial charge in [0.2, 0.25) is 0 Å². The van der Waals surface area contributed by atoms with E-state index >= 15 is 0 Å². The third-order valence-corrected chi connectivity index (χ3v) is 4.64. The lowest BCUT2D eigenvalue weighted by Gasteiger charge is -2.19. The van der Waals surface area contributed by atoms with Crippen molar-refractivity contribution in [3.05, 3.63) is 52.9 Å². The van der Waals surface area contributed by atoms with Crippen molar-refractivity contribution in [1.82, 2.24) is 15.3 Å². The van der Waals surface area contributed by atoms with Crippen molar-refractivity contribution >= 4 is 11.8 Å². The average Bonchev–Trinajstić information content (AvgIpc) is 2.53. The molecule has 1 aromatic carbocycles. The molecule has 0 fully saturated rings. The Hall–Kier alpha value is -1.46. The number of halogens is 1.